The molecule has 0 bridgehead atoms. The van der Waals surface area contributed by atoms with E-state index >= 15 is 0 Å². The fraction of sp³-hybridized carbons (Fsp3) is 0.529. The maximum atomic E-state index is 13.2. The number of fused-ring (bicyclic) bond motifs is 3. The lowest BCUT2D eigenvalue weighted by Gasteiger charge is -2.12. The minimum Gasteiger partial charge on any atom is -0.425 e. The summed E-state index contributed by atoms with van der Waals surface area (Å²) in [5.74, 6) is 1.55. The van der Waals surface area contributed by atoms with Crippen LogP contribution in [0.25, 0.3) is 10.2 Å². The molecule has 0 unspecified atom stereocenters. The van der Waals surface area contributed by atoms with Crippen molar-refractivity contribution in [1.29, 1.82) is 0 Å². The Morgan fingerprint density at radius 2 is 2.15 bits per heavy atom. The number of ether oxygens (including phenoxy) is 1. The van der Waals surface area contributed by atoms with Crippen LogP contribution in [0.4, 0.5) is 0 Å². The molecule has 7 nitrogen and oxygen atoms in total. The number of aromatic nitrogens is 4. The third-order valence-electron chi connectivity index (χ3n) is 4.45. The second-order valence-electron chi connectivity index (χ2n) is 6.24. The normalized spacial score (nSPS) is 14.1. The van der Waals surface area contributed by atoms with E-state index in [1.807, 2.05) is 0 Å². The molecule has 0 saturated heterocycles. The molecule has 0 atom stereocenters. The Morgan fingerprint density at radius 3 is 2.92 bits per heavy atom. The highest BCUT2D eigenvalue weighted by Crippen LogP contribution is 2.35. The second kappa shape index (κ2) is 7.50. The van der Waals surface area contributed by atoms with Crippen molar-refractivity contribution in [3.05, 3.63) is 32.6 Å². The van der Waals surface area contributed by atoms with E-state index in [4.69, 9.17) is 14.1 Å². The van der Waals surface area contributed by atoms with Crippen molar-refractivity contribution in [3.8, 4) is 0 Å². The minimum absolute atomic E-state index is 0.0376. The van der Waals surface area contributed by atoms with Crippen LogP contribution in [-0.2, 0) is 29.9 Å². The summed E-state index contributed by atoms with van der Waals surface area (Å²) in [6.07, 6.45) is 4.36. The maximum Gasteiger partial charge on any atom is 0.263 e. The lowest BCUT2D eigenvalue weighted by atomic mass is 9.97. The van der Waals surface area contributed by atoms with Gasteiger partial charge in [-0.15, -0.1) is 21.5 Å². The van der Waals surface area contributed by atoms with Crippen LogP contribution < -0.4 is 5.56 Å². The number of methoxy groups -OCH3 is 1. The molecule has 1 aliphatic carbocycles. The summed E-state index contributed by atoms with van der Waals surface area (Å²) in [7, 11) is 1.64. The lowest BCUT2D eigenvalue weighted by Crippen LogP contribution is -2.25. The van der Waals surface area contributed by atoms with Gasteiger partial charge in [0.2, 0.25) is 11.8 Å². The van der Waals surface area contributed by atoms with Crippen molar-refractivity contribution < 1.29 is 9.15 Å². The molecular weight excluding hydrogens is 372 g/mol. The molecule has 3 aromatic heterocycles. The summed E-state index contributed by atoms with van der Waals surface area (Å²) >= 11 is 3.11. The van der Waals surface area contributed by atoms with E-state index in [-0.39, 0.29) is 5.56 Å². The summed E-state index contributed by atoms with van der Waals surface area (Å²) in [6.45, 7) is 2.71. The summed E-state index contributed by atoms with van der Waals surface area (Å²) in [4.78, 5) is 20.2. The van der Waals surface area contributed by atoms with E-state index in [0.29, 0.717) is 35.8 Å². The Morgan fingerprint density at radius 1 is 1.31 bits per heavy atom. The van der Waals surface area contributed by atoms with Gasteiger partial charge in [0, 0.05) is 18.9 Å². The molecule has 0 radical (unpaired) electrons. The Balaban J connectivity index is 1.75. The monoisotopic (exact) mass is 392 g/mol. The fourth-order valence-electron chi connectivity index (χ4n) is 3.23. The molecule has 0 aromatic carbocycles. The number of thiophene rings is 1. The standard InChI is InChI=1S/C17H20N4O3S2/c1-10-19-20-13(24-10)9-25-17-18-15-14(16(22)21(17)7-8-23-2)11-5-3-4-6-12(11)26-15/h3-9H2,1-2H3. The van der Waals surface area contributed by atoms with Crippen LogP contribution in [0.5, 0.6) is 0 Å². The van der Waals surface area contributed by atoms with Gasteiger partial charge < -0.3 is 9.15 Å². The van der Waals surface area contributed by atoms with E-state index < -0.39 is 0 Å². The highest BCUT2D eigenvalue weighted by atomic mass is 32.2. The Bertz CT molecular complexity index is 992. The predicted molar refractivity (Wildman–Crippen MR) is 101 cm³/mol. The molecule has 0 saturated carbocycles. The van der Waals surface area contributed by atoms with Gasteiger partial charge in [-0.25, -0.2) is 4.98 Å². The van der Waals surface area contributed by atoms with Gasteiger partial charge in [-0.2, -0.15) is 0 Å². The number of thioether (sulfide) groups is 1. The van der Waals surface area contributed by atoms with Gasteiger partial charge in [0.25, 0.3) is 5.56 Å². The van der Waals surface area contributed by atoms with Crippen molar-refractivity contribution in [2.45, 2.75) is 50.1 Å². The SMILES string of the molecule is COCCn1c(SCc2nnc(C)o2)nc2sc3c(c2c1=O)CCCC3. The first-order valence-electron chi connectivity index (χ1n) is 8.63. The van der Waals surface area contributed by atoms with Crippen LogP contribution in [0.3, 0.4) is 0 Å². The van der Waals surface area contributed by atoms with Crippen molar-refractivity contribution >= 4 is 33.3 Å². The molecule has 0 fully saturated rings. The fourth-order valence-corrected chi connectivity index (χ4v) is 5.40. The molecule has 3 aromatic rings. The van der Waals surface area contributed by atoms with Gasteiger partial charge in [-0.05, 0) is 31.2 Å². The molecule has 9 heteroatoms. The zero-order valence-corrected chi connectivity index (χ0v) is 16.4. The minimum atomic E-state index is 0.0376. The Hall–Kier alpha value is -1.71. The van der Waals surface area contributed by atoms with Crippen molar-refractivity contribution in [1.82, 2.24) is 19.7 Å². The van der Waals surface area contributed by atoms with Crippen molar-refractivity contribution in [3.63, 3.8) is 0 Å². The van der Waals surface area contributed by atoms with Gasteiger partial charge in [-0.1, -0.05) is 11.8 Å². The molecule has 0 spiro atoms. The summed E-state index contributed by atoms with van der Waals surface area (Å²) in [6, 6.07) is 0. The smallest absolute Gasteiger partial charge is 0.263 e. The number of hydrogen-bond donors (Lipinski definition) is 0. The first-order valence-corrected chi connectivity index (χ1v) is 10.4. The van der Waals surface area contributed by atoms with E-state index in [2.05, 4.69) is 10.2 Å². The number of aryl methyl sites for hydroxylation is 3. The molecule has 0 amide bonds. The molecule has 1 aliphatic rings. The third-order valence-corrected chi connectivity index (χ3v) is 6.60. The zero-order chi connectivity index (χ0) is 18.1. The summed E-state index contributed by atoms with van der Waals surface area (Å²) in [5, 5.41) is 9.34. The van der Waals surface area contributed by atoms with Crippen LogP contribution in [0.2, 0.25) is 0 Å². The van der Waals surface area contributed by atoms with Gasteiger partial charge in [0.05, 0.1) is 24.3 Å². The molecular formula is C17H20N4O3S2. The average Bonchev–Trinajstić information content (AvgIpc) is 3.22. The number of nitrogens with zero attached hydrogens (tertiary/aromatic N) is 4. The number of hydrogen-bond acceptors (Lipinski definition) is 8. The summed E-state index contributed by atoms with van der Waals surface area (Å²) in [5.41, 5.74) is 1.25. The summed E-state index contributed by atoms with van der Waals surface area (Å²) < 4.78 is 12.3. The largest absolute Gasteiger partial charge is 0.425 e. The van der Waals surface area contributed by atoms with Crippen LogP contribution in [0, 0.1) is 6.92 Å². The molecule has 26 heavy (non-hydrogen) atoms. The quantitative estimate of drug-likeness (QED) is 0.471. The van der Waals surface area contributed by atoms with Gasteiger partial charge in [-0.3, -0.25) is 9.36 Å². The molecule has 0 aliphatic heterocycles. The first kappa shape index (κ1) is 17.7. The first-order chi connectivity index (χ1) is 12.7. The van der Waals surface area contributed by atoms with E-state index in [9.17, 15) is 4.79 Å². The second-order valence-corrected chi connectivity index (χ2v) is 8.26. The number of rotatable bonds is 6. The average molecular weight is 393 g/mol. The molecule has 138 valence electrons. The van der Waals surface area contributed by atoms with Crippen LogP contribution in [0.15, 0.2) is 14.4 Å². The van der Waals surface area contributed by atoms with Gasteiger partial charge >= 0.3 is 0 Å². The lowest BCUT2D eigenvalue weighted by molar-refractivity contribution is 0.183. The topological polar surface area (TPSA) is 83.0 Å². The molecule has 3 heterocycles. The van der Waals surface area contributed by atoms with E-state index in [1.54, 1.807) is 29.9 Å². The van der Waals surface area contributed by atoms with Gasteiger partial charge in [0.15, 0.2) is 5.16 Å². The van der Waals surface area contributed by atoms with Crippen molar-refractivity contribution in [2.75, 3.05) is 13.7 Å². The highest BCUT2D eigenvalue weighted by molar-refractivity contribution is 7.98. The highest BCUT2D eigenvalue weighted by Gasteiger charge is 2.22. The maximum absolute atomic E-state index is 13.2. The molecule has 4 rings (SSSR count). The Kier molecular flexibility index (Phi) is 5.10. The van der Waals surface area contributed by atoms with E-state index in [0.717, 1.165) is 29.5 Å². The third kappa shape index (κ3) is 3.30. The van der Waals surface area contributed by atoms with Crippen LogP contribution >= 0.6 is 23.1 Å². The predicted octanol–water partition coefficient (Wildman–Crippen LogP) is 2.97. The van der Waals surface area contributed by atoms with Crippen molar-refractivity contribution in [2.24, 2.45) is 0 Å². The van der Waals surface area contributed by atoms with Crippen LogP contribution in [0.1, 0.15) is 35.1 Å². The Labute approximate surface area is 158 Å². The van der Waals surface area contributed by atoms with Gasteiger partial charge in [0.1, 0.15) is 4.83 Å². The molecule has 0 N–H and O–H groups in total. The van der Waals surface area contributed by atoms with E-state index in [1.165, 1.54) is 28.6 Å². The zero-order valence-electron chi connectivity index (χ0n) is 14.8. The van der Waals surface area contributed by atoms with Crippen LogP contribution in [-0.4, -0.2) is 33.5 Å².